The Morgan fingerprint density at radius 1 is 0.889 bits per heavy atom. The summed E-state index contributed by atoms with van der Waals surface area (Å²) in [6, 6.07) is 14.0. The van der Waals surface area contributed by atoms with E-state index < -0.39 is 18.4 Å². The van der Waals surface area contributed by atoms with Gasteiger partial charge < -0.3 is 13.9 Å². The predicted molar refractivity (Wildman–Crippen MR) is 150 cm³/mol. The van der Waals surface area contributed by atoms with Crippen molar-refractivity contribution in [3.05, 3.63) is 36.4 Å². The zero-order chi connectivity index (χ0) is 26.7. The van der Waals surface area contributed by atoms with Crippen molar-refractivity contribution in [2.75, 3.05) is 38.0 Å². The Balaban J connectivity index is 1.88. The average molecular weight is 536 g/mol. The molecule has 1 unspecified atom stereocenters. The number of nitrogens with zero attached hydrogens (tertiary/aromatic N) is 3. The monoisotopic (exact) mass is 535 g/mol. The van der Waals surface area contributed by atoms with Gasteiger partial charge in [0.15, 0.2) is 9.84 Å². The standard InChI is InChI=1S/C27H42N3O4PS/c1-22(2)30(23(3)4)35(34-20-13-18-28)33-19-9-7-8-10-21-36(31,32)27-17-12-14-24-25(27)15-11-16-26(24)29(5)6/h11-12,14-17,22-23H,7-10,13,19-21H2,1-6H3. The molecule has 0 spiro atoms. The maximum Gasteiger partial charge on any atom is 0.259 e. The van der Waals surface area contributed by atoms with E-state index in [0.717, 1.165) is 35.7 Å². The van der Waals surface area contributed by atoms with Crippen molar-refractivity contribution in [3.8, 4) is 6.07 Å². The lowest BCUT2D eigenvalue weighted by atomic mass is 10.1. The van der Waals surface area contributed by atoms with Crippen molar-refractivity contribution in [1.29, 1.82) is 5.26 Å². The number of fused-ring (bicyclic) bond motifs is 1. The van der Waals surface area contributed by atoms with Gasteiger partial charge in [-0.1, -0.05) is 37.1 Å². The molecule has 0 radical (unpaired) electrons. The minimum atomic E-state index is -3.38. The topological polar surface area (TPSA) is 82.9 Å². The van der Waals surface area contributed by atoms with Gasteiger partial charge in [-0.15, -0.1) is 0 Å². The van der Waals surface area contributed by atoms with Crippen LogP contribution >= 0.6 is 8.53 Å². The molecule has 7 nitrogen and oxygen atoms in total. The maximum absolute atomic E-state index is 13.2. The van der Waals surface area contributed by atoms with Gasteiger partial charge in [-0.25, -0.2) is 13.1 Å². The maximum atomic E-state index is 13.2. The number of sulfone groups is 1. The Bertz CT molecular complexity index is 1090. The summed E-state index contributed by atoms with van der Waals surface area (Å²) in [5, 5.41) is 10.6. The Labute approximate surface area is 219 Å². The fourth-order valence-corrected chi connectivity index (χ4v) is 7.47. The molecule has 0 amide bonds. The van der Waals surface area contributed by atoms with Crippen molar-refractivity contribution >= 4 is 34.8 Å². The van der Waals surface area contributed by atoms with Gasteiger partial charge in [0.1, 0.15) is 0 Å². The van der Waals surface area contributed by atoms with Crippen LogP contribution in [0.1, 0.15) is 59.8 Å². The van der Waals surface area contributed by atoms with Crippen LogP contribution in [0.3, 0.4) is 0 Å². The zero-order valence-electron chi connectivity index (χ0n) is 22.6. The first kappa shape index (κ1) is 30.5. The Morgan fingerprint density at radius 3 is 2.14 bits per heavy atom. The van der Waals surface area contributed by atoms with Crippen molar-refractivity contribution in [3.63, 3.8) is 0 Å². The molecule has 0 bridgehead atoms. The second-order valence-electron chi connectivity index (χ2n) is 9.64. The third-order valence-corrected chi connectivity index (χ3v) is 9.81. The smallest absolute Gasteiger partial charge is 0.259 e. The number of hydrogen-bond acceptors (Lipinski definition) is 7. The van der Waals surface area contributed by atoms with E-state index in [2.05, 4.69) is 38.4 Å². The number of unbranched alkanes of at least 4 members (excludes halogenated alkanes) is 3. The lowest BCUT2D eigenvalue weighted by molar-refractivity contribution is 0.174. The fourth-order valence-electron chi connectivity index (χ4n) is 4.24. The van der Waals surface area contributed by atoms with Crippen LogP contribution in [0.5, 0.6) is 0 Å². The van der Waals surface area contributed by atoms with Gasteiger partial charge >= 0.3 is 0 Å². The molecule has 1 atom stereocenters. The fraction of sp³-hybridized carbons (Fsp3) is 0.593. The van der Waals surface area contributed by atoms with E-state index in [0.29, 0.717) is 31.0 Å². The van der Waals surface area contributed by atoms with E-state index in [1.807, 2.05) is 49.3 Å². The highest BCUT2D eigenvalue weighted by atomic mass is 32.2. The van der Waals surface area contributed by atoms with E-state index in [9.17, 15) is 8.42 Å². The summed E-state index contributed by atoms with van der Waals surface area (Å²) in [7, 11) is -0.682. The molecule has 36 heavy (non-hydrogen) atoms. The van der Waals surface area contributed by atoms with E-state index in [4.69, 9.17) is 14.3 Å². The average Bonchev–Trinajstić information content (AvgIpc) is 2.81. The molecule has 2 aromatic rings. The van der Waals surface area contributed by atoms with Crippen LogP contribution in [-0.2, 0) is 18.9 Å². The molecule has 0 aliphatic carbocycles. The molecule has 0 aliphatic rings. The molecule has 2 aromatic carbocycles. The third-order valence-electron chi connectivity index (χ3n) is 5.85. The summed E-state index contributed by atoms with van der Waals surface area (Å²) >= 11 is 0. The Morgan fingerprint density at radius 2 is 1.50 bits per heavy atom. The van der Waals surface area contributed by atoms with Gasteiger partial charge in [-0.2, -0.15) is 5.26 Å². The highest BCUT2D eigenvalue weighted by molar-refractivity contribution is 7.91. The first-order chi connectivity index (χ1) is 17.1. The van der Waals surface area contributed by atoms with Gasteiger partial charge in [0.2, 0.25) is 0 Å². The van der Waals surface area contributed by atoms with Crippen molar-refractivity contribution in [2.24, 2.45) is 0 Å². The van der Waals surface area contributed by atoms with Crippen molar-refractivity contribution < 1.29 is 17.5 Å². The Hall–Kier alpha value is -1.75. The molecule has 0 aromatic heterocycles. The summed E-state index contributed by atoms with van der Waals surface area (Å²) in [5.74, 6) is 0.137. The van der Waals surface area contributed by atoms with Crippen LogP contribution in [-0.4, -0.2) is 58.2 Å². The summed E-state index contributed by atoms with van der Waals surface area (Å²) < 4.78 is 40.5. The molecule has 0 N–H and O–H groups in total. The molecule has 2 rings (SSSR count). The van der Waals surface area contributed by atoms with E-state index >= 15 is 0 Å². The number of benzene rings is 2. The number of anilines is 1. The minimum Gasteiger partial charge on any atom is -0.377 e. The van der Waals surface area contributed by atoms with E-state index in [1.54, 1.807) is 6.07 Å². The van der Waals surface area contributed by atoms with Gasteiger partial charge in [0.05, 0.1) is 36.4 Å². The second kappa shape index (κ2) is 14.9. The van der Waals surface area contributed by atoms with E-state index in [1.165, 1.54) is 0 Å². The van der Waals surface area contributed by atoms with Gasteiger partial charge in [0.25, 0.3) is 8.53 Å². The predicted octanol–water partition coefficient (Wildman–Crippen LogP) is 6.53. The van der Waals surface area contributed by atoms with Crippen molar-refractivity contribution in [1.82, 2.24) is 4.67 Å². The highest BCUT2D eigenvalue weighted by Gasteiger charge is 2.27. The molecule has 200 valence electrons. The molecule has 0 heterocycles. The van der Waals surface area contributed by atoms with E-state index in [-0.39, 0.29) is 17.8 Å². The minimum absolute atomic E-state index is 0.137. The van der Waals surface area contributed by atoms with Crippen molar-refractivity contribution in [2.45, 2.75) is 76.8 Å². The molecule has 0 fully saturated rings. The van der Waals surface area contributed by atoms with Crippen LogP contribution in [0.4, 0.5) is 5.69 Å². The lowest BCUT2D eigenvalue weighted by Crippen LogP contribution is -2.33. The van der Waals surface area contributed by atoms with Gasteiger partial charge in [-0.3, -0.25) is 0 Å². The summed E-state index contributed by atoms with van der Waals surface area (Å²) in [5.41, 5.74) is 1.01. The first-order valence-corrected chi connectivity index (χ1v) is 15.5. The largest absolute Gasteiger partial charge is 0.377 e. The van der Waals surface area contributed by atoms with Crippen LogP contribution < -0.4 is 4.90 Å². The second-order valence-corrected chi connectivity index (χ2v) is 13.2. The van der Waals surface area contributed by atoms with Gasteiger partial charge in [0, 0.05) is 42.6 Å². The molecule has 9 heteroatoms. The summed E-state index contributed by atoms with van der Waals surface area (Å²) in [4.78, 5) is 2.41. The van der Waals surface area contributed by atoms with Crippen LogP contribution in [0.25, 0.3) is 10.8 Å². The van der Waals surface area contributed by atoms with Crippen LogP contribution in [0.15, 0.2) is 41.3 Å². The SMILES string of the molecule is CC(C)N(C(C)C)P(OCCC#N)OCCCCCCS(=O)(=O)c1cccc2c(N(C)C)cccc12. The zero-order valence-corrected chi connectivity index (χ0v) is 24.3. The molecular weight excluding hydrogens is 493 g/mol. The normalized spacial score (nSPS) is 13.0. The molecular formula is C27H42N3O4PS. The number of nitriles is 1. The van der Waals surface area contributed by atoms with Gasteiger partial charge in [-0.05, 0) is 52.7 Å². The molecule has 0 aliphatic heterocycles. The molecule has 0 saturated heterocycles. The summed E-state index contributed by atoms with van der Waals surface area (Å²) in [6.45, 7) is 9.37. The summed E-state index contributed by atoms with van der Waals surface area (Å²) in [6.07, 6.45) is 3.50. The first-order valence-electron chi connectivity index (χ1n) is 12.7. The number of hydrogen-bond donors (Lipinski definition) is 0. The Kier molecular flexibility index (Phi) is 12.6. The lowest BCUT2D eigenvalue weighted by Gasteiger charge is -2.35. The quantitative estimate of drug-likeness (QED) is 0.178. The van der Waals surface area contributed by atoms with Crippen LogP contribution in [0, 0.1) is 11.3 Å². The van der Waals surface area contributed by atoms with Crippen LogP contribution in [0.2, 0.25) is 0 Å². The number of rotatable bonds is 16. The molecule has 0 saturated carbocycles. The highest BCUT2D eigenvalue weighted by Crippen LogP contribution is 2.46. The third kappa shape index (κ3) is 8.68.